The van der Waals surface area contributed by atoms with Crippen LogP contribution in [0.3, 0.4) is 0 Å². The minimum atomic E-state index is -0.422. The Morgan fingerprint density at radius 2 is 1.61 bits per heavy atom. The van der Waals surface area contributed by atoms with E-state index in [1.165, 1.54) is 11.6 Å². The number of para-hydroxylation sites is 1. The average molecular weight is 552 g/mol. The van der Waals surface area contributed by atoms with Gasteiger partial charge in [-0.15, -0.1) is 0 Å². The summed E-state index contributed by atoms with van der Waals surface area (Å²) in [6.45, 7) is 2.50. The van der Waals surface area contributed by atoms with Crippen molar-refractivity contribution in [2.24, 2.45) is 14.1 Å². The molecule has 1 aliphatic rings. The Bertz CT molecular complexity index is 1530. The molecular weight excluding hydrogens is 526 g/mol. The number of anilines is 2. The summed E-state index contributed by atoms with van der Waals surface area (Å²) in [5.41, 5.74) is 1.66. The van der Waals surface area contributed by atoms with Gasteiger partial charge in [0.15, 0.2) is 11.2 Å². The summed E-state index contributed by atoms with van der Waals surface area (Å²) in [5, 5.41) is 2.93. The topological polar surface area (TPSA) is 97.4 Å². The van der Waals surface area contributed by atoms with Gasteiger partial charge in [0, 0.05) is 50.4 Å². The van der Waals surface area contributed by atoms with Crippen molar-refractivity contribution >= 4 is 44.8 Å². The highest BCUT2D eigenvalue weighted by atomic mass is 79.9. The molecule has 1 fully saturated rings. The van der Waals surface area contributed by atoms with Gasteiger partial charge in [-0.25, -0.2) is 9.59 Å². The maximum absolute atomic E-state index is 13.2. The van der Waals surface area contributed by atoms with Crippen LogP contribution in [-0.2, 0) is 20.6 Å². The van der Waals surface area contributed by atoms with Crippen molar-refractivity contribution in [3.8, 4) is 0 Å². The molecule has 186 valence electrons. The van der Waals surface area contributed by atoms with Gasteiger partial charge in [-0.2, -0.15) is 4.98 Å². The zero-order chi connectivity index (χ0) is 25.4. The van der Waals surface area contributed by atoms with E-state index in [1.807, 2.05) is 59.2 Å². The number of amides is 2. The molecule has 1 aliphatic heterocycles. The molecule has 0 unspecified atom stereocenters. The fourth-order valence-corrected chi connectivity index (χ4v) is 4.70. The van der Waals surface area contributed by atoms with Crippen LogP contribution in [0.15, 0.2) is 68.7 Å². The lowest BCUT2D eigenvalue weighted by Crippen LogP contribution is -2.50. The summed E-state index contributed by atoms with van der Waals surface area (Å²) in [4.78, 5) is 47.1. The van der Waals surface area contributed by atoms with Crippen LogP contribution in [0, 0.1) is 0 Å². The molecule has 2 aromatic heterocycles. The number of halogens is 1. The fraction of sp³-hybridized carbons (Fsp3) is 0.280. The van der Waals surface area contributed by atoms with Crippen molar-refractivity contribution in [2.75, 3.05) is 36.4 Å². The number of carbonyl (C=O) groups excluding carboxylic acids is 1. The van der Waals surface area contributed by atoms with E-state index >= 15 is 0 Å². The maximum Gasteiger partial charge on any atom is 0.332 e. The number of fused-ring (bicyclic) bond motifs is 1. The molecule has 1 N–H and O–H groups in total. The minimum absolute atomic E-state index is 0.152. The number of urea groups is 1. The number of carbonyl (C=O) groups is 1. The average Bonchev–Trinajstić information content (AvgIpc) is 3.27. The molecule has 10 nitrogen and oxygen atoms in total. The molecule has 0 radical (unpaired) electrons. The number of nitrogens with zero attached hydrogens (tertiary/aromatic N) is 6. The van der Waals surface area contributed by atoms with Gasteiger partial charge < -0.3 is 15.1 Å². The van der Waals surface area contributed by atoms with Gasteiger partial charge in [0.2, 0.25) is 5.95 Å². The Balaban J connectivity index is 1.46. The van der Waals surface area contributed by atoms with E-state index < -0.39 is 5.69 Å². The molecule has 1 saturated heterocycles. The molecule has 0 bridgehead atoms. The number of piperazine rings is 1. The second-order valence-electron chi connectivity index (χ2n) is 8.77. The van der Waals surface area contributed by atoms with Crippen LogP contribution >= 0.6 is 15.9 Å². The molecule has 36 heavy (non-hydrogen) atoms. The van der Waals surface area contributed by atoms with Crippen LogP contribution in [-0.4, -0.2) is 55.8 Å². The first-order chi connectivity index (χ1) is 17.3. The van der Waals surface area contributed by atoms with Gasteiger partial charge in [-0.05, 0) is 29.8 Å². The van der Waals surface area contributed by atoms with Crippen molar-refractivity contribution in [1.82, 2.24) is 23.6 Å². The lowest BCUT2D eigenvalue weighted by molar-refractivity contribution is 0.208. The van der Waals surface area contributed by atoms with E-state index in [2.05, 4.69) is 26.1 Å². The van der Waals surface area contributed by atoms with Gasteiger partial charge in [-0.3, -0.25) is 18.5 Å². The monoisotopic (exact) mass is 551 g/mol. The summed E-state index contributed by atoms with van der Waals surface area (Å²) in [5.74, 6) is 0.606. The maximum atomic E-state index is 13.2. The number of hydrogen-bond donors (Lipinski definition) is 1. The Kier molecular flexibility index (Phi) is 6.40. The predicted octanol–water partition coefficient (Wildman–Crippen LogP) is 2.60. The zero-order valence-electron chi connectivity index (χ0n) is 20.0. The highest BCUT2D eigenvalue weighted by Gasteiger charge is 2.27. The van der Waals surface area contributed by atoms with E-state index in [0.29, 0.717) is 49.8 Å². The smallest absolute Gasteiger partial charge is 0.332 e. The van der Waals surface area contributed by atoms with Crippen molar-refractivity contribution in [1.29, 1.82) is 0 Å². The van der Waals surface area contributed by atoms with Crippen LogP contribution in [0.1, 0.15) is 5.56 Å². The predicted molar refractivity (Wildman–Crippen MR) is 143 cm³/mol. The Morgan fingerprint density at radius 1 is 0.944 bits per heavy atom. The number of aromatic nitrogens is 4. The third-order valence-electron chi connectivity index (χ3n) is 6.46. The third-order valence-corrected chi connectivity index (χ3v) is 6.99. The number of rotatable bonds is 4. The van der Waals surface area contributed by atoms with Crippen molar-refractivity contribution < 1.29 is 4.79 Å². The highest BCUT2D eigenvalue weighted by Crippen LogP contribution is 2.23. The normalized spacial score (nSPS) is 13.9. The van der Waals surface area contributed by atoms with Crippen LogP contribution in [0.4, 0.5) is 16.4 Å². The number of hydrogen-bond acceptors (Lipinski definition) is 5. The van der Waals surface area contributed by atoms with Crippen LogP contribution < -0.4 is 21.5 Å². The molecule has 11 heteroatoms. The molecule has 0 spiro atoms. The first kappa shape index (κ1) is 23.9. The molecule has 2 aromatic carbocycles. The highest BCUT2D eigenvalue weighted by molar-refractivity contribution is 9.10. The van der Waals surface area contributed by atoms with Gasteiger partial charge >= 0.3 is 11.7 Å². The minimum Gasteiger partial charge on any atom is -0.339 e. The van der Waals surface area contributed by atoms with Crippen LogP contribution in [0.5, 0.6) is 0 Å². The molecule has 0 saturated carbocycles. The Labute approximate surface area is 215 Å². The van der Waals surface area contributed by atoms with Gasteiger partial charge in [0.1, 0.15) is 0 Å². The number of nitrogens with one attached hydrogen (secondary N) is 1. The summed E-state index contributed by atoms with van der Waals surface area (Å²) in [6, 6.07) is 17.1. The largest absolute Gasteiger partial charge is 0.339 e. The van der Waals surface area contributed by atoms with Gasteiger partial charge in [-0.1, -0.05) is 46.3 Å². The molecule has 5 rings (SSSR count). The second-order valence-corrected chi connectivity index (χ2v) is 9.69. The molecule has 4 aromatic rings. The lowest BCUT2D eigenvalue weighted by atomic mass is 10.2. The molecule has 0 aliphatic carbocycles. The standard InChI is InChI=1S/C25H26BrN7O3/c1-29-21-20(22(34)30(2)25(29)36)33(16-17-8-10-18(26)11-9-17)23(28-21)31-12-14-32(15-13-31)24(35)27-19-6-4-3-5-7-19/h3-11H,12-16H2,1-2H3,(H,27,35). The number of imidazole rings is 1. The fourth-order valence-electron chi connectivity index (χ4n) is 4.43. The lowest BCUT2D eigenvalue weighted by Gasteiger charge is -2.35. The van der Waals surface area contributed by atoms with Crippen LogP contribution in [0.25, 0.3) is 11.2 Å². The van der Waals surface area contributed by atoms with E-state index in [4.69, 9.17) is 4.98 Å². The second kappa shape index (κ2) is 9.65. The van der Waals surface area contributed by atoms with Crippen LogP contribution in [0.2, 0.25) is 0 Å². The van der Waals surface area contributed by atoms with E-state index in [1.54, 1.807) is 11.9 Å². The summed E-state index contributed by atoms with van der Waals surface area (Å²) >= 11 is 3.46. The molecule has 3 heterocycles. The molecule has 0 atom stereocenters. The Morgan fingerprint density at radius 3 is 2.28 bits per heavy atom. The Hall–Kier alpha value is -3.86. The SMILES string of the molecule is Cn1c(=O)c2c(nc(N3CCN(C(=O)Nc4ccccc4)CC3)n2Cc2ccc(Br)cc2)n(C)c1=O. The first-order valence-electron chi connectivity index (χ1n) is 11.6. The number of aryl methyl sites for hydroxylation is 1. The van der Waals surface area contributed by atoms with E-state index in [-0.39, 0.29) is 11.6 Å². The van der Waals surface area contributed by atoms with Gasteiger partial charge in [0.25, 0.3) is 5.56 Å². The van der Waals surface area contributed by atoms with Crippen molar-refractivity contribution in [3.05, 3.63) is 85.5 Å². The third kappa shape index (κ3) is 4.41. The summed E-state index contributed by atoms with van der Waals surface area (Å²) in [6.07, 6.45) is 0. The van der Waals surface area contributed by atoms with E-state index in [0.717, 1.165) is 20.3 Å². The first-order valence-corrected chi connectivity index (χ1v) is 12.4. The summed E-state index contributed by atoms with van der Waals surface area (Å²) in [7, 11) is 3.10. The zero-order valence-corrected chi connectivity index (χ0v) is 21.6. The number of benzene rings is 2. The summed E-state index contributed by atoms with van der Waals surface area (Å²) < 4.78 is 5.35. The van der Waals surface area contributed by atoms with Crippen molar-refractivity contribution in [2.45, 2.75) is 6.54 Å². The molecule has 2 amide bonds. The van der Waals surface area contributed by atoms with Gasteiger partial charge in [0.05, 0.1) is 6.54 Å². The molecular formula is C25H26BrN7O3. The quantitative estimate of drug-likeness (QED) is 0.420. The van der Waals surface area contributed by atoms with Crippen molar-refractivity contribution in [3.63, 3.8) is 0 Å². The van der Waals surface area contributed by atoms with E-state index in [9.17, 15) is 14.4 Å².